The minimum Gasteiger partial charge on any atom is -0.354 e. The van der Waals surface area contributed by atoms with Crippen LogP contribution >= 0.6 is 11.6 Å². The van der Waals surface area contributed by atoms with Crippen LogP contribution in [0.15, 0.2) is 12.1 Å². The maximum atomic E-state index is 15.6. The van der Waals surface area contributed by atoms with Gasteiger partial charge in [0.2, 0.25) is 11.8 Å². The molecule has 4 nitrogen and oxygen atoms in total. The molecule has 1 aromatic rings. The van der Waals surface area contributed by atoms with E-state index in [1.54, 1.807) is 0 Å². The van der Waals surface area contributed by atoms with Crippen molar-refractivity contribution in [2.45, 2.75) is 69.6 Å². The minimum atomic E-state index is -1.93. The van der Waals surface area contributed by atoms with Crippen LogP contribution in [-0.2, 0) is 9.59 Å². The lowest BCUT2D eigenvalue weighted by molar-refractivity contribution is -0.127. The van der Waals surface area contributed by atoms with E-state index in [9.17, 15) is 18.4 Å². The molecule has 0 radical (unpaired) electrons. The summed E-state index contributed by atoms with van der Waals surface area (Å²) in [5, 5.41) is 5.03. The molecule has 2 aliphatic rings. The first kappa shape index (κ1) is 21.0. The summed E-state index contributed by atoms with van der Waals surface area (Å²) in [5.74, 6) is -3.06. The molecule has 2 aliphatic carbocycles. The van der Waals surface area contributed by atoms with Crippen LogP contribution < -0.4 is 10.6 Å². The number of rotatable bonds is 5. The van der Waals surface area contributed by atoms with Gasteiger partial charge in [0.05, 0.1) is 16.6 Å². The van der Waals surface area contributed by atoms with E-state index in [1.165, 1.54) is 6.92 Å². The third-order valence-electron chi connectivity index (χ3n) is 5.82. The normalized spacial score (nSPS) is 24.8. The van der Waals surface area contributed by atoms with Crippen molar-refractivity contribution in [3.8, 4) is 0 Å². The summed E-state index contributed by atoms with van der Waals surface area (Å²) in [7, 11) is 0. The van der Waals surface area contributed by atoms with Gasteiger partial charge >= 0.3 is 0 Å². The van der Waals surface area contributed by atoms with Crippen LogP contribution in [0.2, 0.25) is 5.02 Å². The van der Waals surface area contributed by atoms with E-state index in [0.717, 1.165) is 12.1 Å². The highest BCUT2D eigenvalue weighted by atomic mass is 35.5. The predicted molar refractivity (Wildman–Crippen MR) is 99.5 cm³/mol. The van der Waals surface area contributed by atoms with Gasteiger partial charge in [-0.2, -0.15) is 0 Å². The van der Waals surface area contributed by atoms with E-state index in [1.807, 2.05) is 0 Å². The van der Waals surface area contributed by atoms with Crippen molar-refractivity contribution in [1.29, 1.82) is 0 Å². The molecular formula is C20H24ClF3N2O2. The molecule has 2 saturated carbocycles. The van der Waals surface area contributed by atoms with E-state index in [4.69, 9.17) is 11.6 Å². The van der Waals surface area contributed by atoms with Crippen LogP contribution in [0.5, 0.6) is 0 Å². The summed E-state index contributed by atoms with van der Waals surface area (Å²) in [5.41, 5.74) is -2.46. The number of amides is 2. The van der Waals surface area contributed by atoms with Crippen LogP contribution in [0.4, 0.5) is 13.2 Å². The smallest absolute Gasteiger partial charge is 0.223 e. The summed E-state index contributed by atoms with van der Waals surface area (Å²) in [4.78, 5) is 24.0. The highest BCUT2D eigenvalue weighted by Gasteiger charge is 2.46. The lowest BCUT2D eigenvalue weighted by Crippen LogP contribution is -2.44. The molecule has 8 heteroatoms. The van der Waals surface area contributed by atoms with E-state index >= 15 is 4.39 Å². The number of benzene rings is 1. The fourth-order valence-corrected chi connectivity index (χ4v) is 4.58. The van der Waals surface area contributed by atoms with Crippen LogP contribution in [-0.4, -0.2) is 23.5 Å². The molecule has 2 amide bonds. The zero-order chi connectivity index (χ0) is 20.5. The van der Waals surface area contributed by atoms with Gasteiger partial charge in [0.1, 0.15) is 17.3 Å². The Kier molecular flexibility index (Phi) is 6.22. The fourth-order valence-electron chi connectivity index (χ4n) is 4.42. The summed E-state index contributed by atoms with van der Waals surface area (Å²) in [6.45, 7) is 1.40. The second kappa shape index (κ2) is 8.31. The number of alkyl halides is 1. The van der Waals surface area contributed by atoms with Gasteiger partial charge in [-0.05, 0) is 44.2 Å². The lowest BCUT2D eigenvalue weighted by Gasteiger charge is -2.32. The van der Waals surface area contributed by atoms with Crippen LogP contribution in [0, 0.1) is 17.6 Å². The minimum absolute atomic E-state index is 0.114. The van der Waals surface area contributed by atoms with Crippen molar-refractivity contribution < 1.29 is 22.8 Å². The standard InChI is InChI=1S/C20H24ClF3N2O2/c1-11(27)25-13-5-4-12(10-13)19(28)26-18(20(24)8-2-3-9-20)16-15(22)7-6-14(21)17(16)23/h6-7,12-13,18H,2-5,8-10H2,1H3,(H,25,27)(H,26,28)/t12-,13-,18?/m1/s1. The largest absolute Gasteiger partial charge is 0.354 e. The molecule has 0 spiro atoms. The molecule has 1 unspecified atom stereocenters. The lowest BCUT2D eigenvalue weighted by atomic mass is 9.87. The number of carbonyl (C=O) groups is 2. The predicted octanol–water partition coefficient (Wildman–Crippen LogP) is 4.36. The number of carbonyl (C=O) groups excluding carboxylic acids is 2. The second-order valence-corrected chi connectivity index (χ2v) is 8.25. The number of hydrogen-bond acceptors (Lipinski definition) is 2. The first-order valence-electron chi connectivity index (χ1n) is 9.61. The first-order chi connectivity index (χ1) is 13.2. The highest BCUT2D eigenvalue weighted by molar-refractivity contribution is 6.30. The number of hydrogen-bond donors (Lipinski definition) is 2. The van der Waals surface area contributed by atoms with E-state index in [0.29, 0.717) is 32.1 Å². The Balaban J connectivity index is 1.84. The van der Waals surface area contributed by atoms with Crippen molar-refractivity contribution in [3.63, 3.8) is 0 Å². The molecule has 3 rings (SSSR count). The molecule has 2 fully saturated rings. The van der Waals surface area contributed by atoms with Gasteiger partial charge in [0.25, 0.3) is 0 Å². The Morgan fingerprint density at radius 1 is 1.21 bits per heavy atom. The van der Waals surface area contributed by atoms with Crippen molar-refractivity contribution in [2.75, 3.05) is 0 Å². The summed E-state index contributed by atoms with van der Waals surface area (Å²) in [6, 6.07) is 0.488. The Labute approximate surface area is 167 Å². The van der Waals surface area contributed by atoms with Crippen LogP contribution in [0.25, 0.3) is 0 Å². The maximum Gasteiger partial charge on any atom is 0.223 e. The zero-order valence-electron chi connectivity index (χ0n) is 15.7. The van der Waals surface area contributed by atoms with Gasteiger partial charge in [0.15, 0.2) is 0 Å². The molecule has 1 aromatic carbocycles. The quantitative estimate of drug-likeness (QED) is 0.700. The molecule has 0 heterocycles. The molecule has 0 aliphatic heterocycles. The van der Waals surface area contributed by atoms with Crippen molar-refractivity contribution in [3.05, 3.63) is 34.4 Å². The van der Waals surface area contributed by atoms with Gasteiger partial charge in [-0.25, -0.2) is 13.2 Å². The van der Waals surface area contributed by atoms with E-state index < -0.39 is 40.7 Å². The Morgan fingerprint density at radius 3 is 2.54 bits per heavy atom. The summed E-state index contributed by atoms with van der Waals surface area (Å²) < 4.78 is 44.7. The molecule has 0 saturated heterocycles. The molecule has 0 aromatic heterocycles. The fraction of sp³-hybridized carbons (Fsp3) is 0.600. The molecule has 0 bridgehead atoms. The van der Waals surface area contributed by atoms with Gasteiger partial charge in [-0.1, -0.05) is 24.4 Å². The van der Waals surface area contributed by atoms with Gasteiger partial charge in [-0.3, -0.25) is 9.59 Å². The Bertz CT molecular complexity index is 768. The van der Waals surface area contributed by atoms with Crippen molar-refractivity contribution in [1.82, 2.24) is 10.6 Å². The van der Waals surface area contributed by atoms with Crippen LogP contribution in [0.3, 0.4) is 0 Å². The monoisotopic (exact) mass is 416 g/mol. The third kappa shape index (κ3) is 4.29. The average Bonchev–Trinajstić information content (AvgIpc) is 3.27. The number of nitrogens with one attached hydrogen (secondary N) is 2. The zero-order valence-corrected chi connectivity index (χ0v) is 16.4. The Hall–Kier alpha value is -1.76. The SMILES string of the molecule is CC(=O)N[C@@H]1CC[C@@H](C(=O)NC(c2c(F)ccc(Cl)c2F)C2(F)CCCC2)C1. The van der Waals surface area contributed by atoms with Gasteiger partial charge < -0.3 is 10.6 Å². The Morgan fingerprint density at radius 2 is 1.89 bits per heavy atom. The van der Waals surface area contributed by atoms with Crippen molar-refractivity contribution in [2.24, 2.45) is 5.92 Å². The number of halogens is 4. The highest BCUT2D eigenvalue weighted by Crippen LogP contribution is 2.45. The average molecular weight is 417 g/mol. The maximum absolute atomic E-state index is 15.6. The topological polar surface area (TPSA) is 58.2 Å². The molecule has 3 atom stereocenters. The molecule has 28 heavy (non-hydrogen) atoms. The summed E-state index contributed by atoms with van der Waals surface area (Å²) in [6.07, 6.45) is 2.96. The van der Waals surface area contributed by atoms with E-state index in [2.05, 4.69) is 10.6 Å². The van der Waals surface area contributed by atoms with Gasteiger partial charge in [-0.15, -0.1) is 0 Å². The molecule has 2 N–H and O–H groups in total. The van der Waals surface area contributed by atoms with E-state index in [-0.39, 0.29) is 29.8 Å². The first-order valence-corrected chi connectivity index (χ1v) is 9.99. The third-order valence-corrected chi connectivity index (χ3v) is 6.11. The second-order valence-electron chi connectivity index (χ2n) is 7.85. The molecule has 154 valence electrons. The van der Waals surface area contributed by atoms with Crippen molar-refractivity contribution >= 4 is 23.4 Å². The van der Waals surface area contributed by atoms with Gasteiger partial charge in [0, 0.05) is 18.9 Å². The van der Waals surface area contributed by atoms with Crippen LogP contribution in [0.1, 0.15) is 63.5 Å². The molecular weight excluding hydrogens is 393 g/mol. The summed E-state index contributed by atoms with van der Waals surface area (Å²) >= 11 is 5.80.